The number of esters is 1. The summed E-state index contributed by atoms with van der Waals surface area (Å²) in [5, 5.41) is 4.05. The highest BCUT2D eigenvalue weighted by molar-refractivity contribution is 7.98. The van der Waals surface area contributed by atoms with Crippen molar-refractivity contribution in [1.82, 2.24) is 4.57 Å². The highest BCUT2D eigenvalue weighted by atomic mass is 35.5. The molecular formula is C20H17ClN2O3S2. The molecule has 1 aliphatic rings. The van der Waals surface area contributed by atoms with Crippen LogP contribution in [0.2, 0.25) is 5.02 Å². The maximum absolute atomic E-state index is 12.9. The maximum atomic E-state index is 12.9. The number of carbonyl (C=O) groups excluding carboxylic acids is 2. The Morgan fingerprint density at radius 3 is 2.82 bits per heavy atom. The third-order valence-electron chi connectivity index (χ3n) is 4.29. The molecule has 0 saturated carbocycles. The largest absolute Gasteiger partial charge is 0.452 e. The number of aromatic nitrogens is 1. The minimum Gasteiger partial charge on any atom is -0.452 e. The number of benzene rings is 1. The molecule has 0 spiro atoms. The van der Waals surface area contributed by atoms with Crippen molar-refractivity contribution in [1.29, 1.82) is 0 Å². The number of carbonyl (C=O) groups is 2. The van der Waals surface area contributed by atoms with E-state index >= 15 is 0 Å². The summed E-state index contributed by atoms with van der Waals surface area (Å²) in [5.41, 5.74) is 2.19. The topological polar surface area (TPSA) is 60.3 Å². The van der Waals surface area contributed by atoms with Crippen molar-refractivity contribution in [2.24, 2.45) is 0 Å². The lowest BCUT2D eigenvalue weighted by atomic mass is 10.1. The molecule has 28 heavy (non-hydrogen) atoms. The SMILES string of the molecule is O=C(COC(=O)c1c(-n2cccc2)sc2c1CCSC2)Nc1cccc(Cl)c1. The van der Waals surface area contributed by atoms with E-state index in [0.29, 0.717) is 16.3 Å². The Balaban J connectivity index is 1.50. The minimum absolute atomic E-state index is 0.351. The summed E-state index contributed by atoms with van der Waals surface area (Å²) in [4.78, 5) is 26.2. The number of nitrogens with zero attached hydrogens (tertiary/aromatic N) is 1. The Kier molecular flexibility index (Phi) is 5.75. The zero-order valence-corrected chi connectivity index (χ0v) is 17.2. The van der Waals surface area contributed by atoms with Gasteiger partial charge in [0.25, 0.3) is 5.91 Å². The predicted molar refractivity (Wildman–Crippen MR) is 114 cm³/mol. The van der Waals surface area contributed by atoms with Crippen LogP contribution >= 0.6 is 34.7 Å². The van der Waals surface area contributed by atoms with Crippen LogP contribution in [-0.4, -0.2) is 28.8 Å². The molecule has 0 fully saturated rings. The monoisotopic (exact) mass is 432 g/mol. The zero-order chi connectivity index (χ0) is 19.5. The summed E-state index contributed by atoms with van der Waals surface area (Å²) in [6.07, 6.45) is 4.65. The number of thiophene rings is 1. The van der Waals surface area contributed by atoms with E-state index in [1.165, 1.54) is 4.88 Å². The molecular weight excluding hydrogens is 416 g/mol. The molecule has 0 bridgehead atoms. The Morgan fingerprint density at radius 1 is 1.21 bits per heavy atom. The molecule has 0 aliphatic carbocycles. The first-order valence-electron chi connectivity index (χ1n) is 8.70. The molecule has 8 heteroatoms. The van der Waals surface area contributed by atoms with Crippen LogP contribution in [0, 0.1) is 0 Å². The number of hydrogen-bond acceptors (Lipinski definition) is 5. The van der Waals surface area contributed by atoms with Gasteiger partial charge < -0.3 is 14.6 Å². The fraction of sp³-hybridized carbons (Fsp3) is 0.200. The first kappa shape index (κ1) is 19.1. The van der Waals surface area contributed by atoms with Gasteiger partial charge in [-0.15, -0.1) is 11.3 Å². The Hall–Kier alpha value is -2.22. The number of nitrogens with one attached hydrogen (secondary N) is 1. The summed E-state index contributed by atoms with van der Waals surface area (Å²) in [6, 6.07) is 10.7. The van der Waals surface area contributed by atoms with E-state index in [4.69, 9.17) is 16.3 Å². The molecule has 3 heterocycles. The van der Waals surface area contributed by atoms with Crippen molar-refractivity contribution >= 4 is 52.3 Å². The first-order chi connectivity index (χ1) is 13.6. The number of fused-ring (bicyclic) bond motifs is 1. The summed E-state index contributed by atoms with van der Waals surface area (Å²) in [6.45, 7) is -0.351. The molecule has 1 aromatic carbocycles. The van der Waals surface area contributed by atoms with Crippen LogP contribution in [0.5, 0.6) is 0 Å². The third kappa shape index (κ3) is 4.11. The van der Waals surface area contributed by atoms with E-state index in [-0.39, 0.29) is 6.61 Å². The zero-order valence-electron chi connectivity index (χ0n) is 14.8. The van der Waals surface area contributed by atoms with Crippen LogP contribution in [0.1, 0.15) is 20.8 Å². The summed E-state index contributed by atoms with van der Waals surface area (Å²) < 4.78 is 7.28. The third-order valence-corrected chi connectivity index (χ3v) is 6.94. The van der Waals surface area contributed by atoms with Gasteiger partial charge in [-0.1, -0.05) is 17.7 Å². The van der Waals surface area contributed by atoms with Crippen molar-refractivity contribution in [2.45, 2.75) is 12.2 Å². The van der Waals surface area contributed by atoms with Crippen LogP contribution in [0.15, 0.2) is 48.8 Å². The second kappa shape index (κ2) is 8.43. The Bertz CT molecular complexity index is 1010. The molecule has 5 nitrogen and oxygen atoms in total. The molecule has 1 aliphatic heterocycles. The second-order valence-corrected chi connectivity index (χ2v) is 8.84. The lowest BCUT2D eigenvalue weighted by Gasteiger charge is -2.13. The highest BCUT2D eigenvalue weighted by Crippen LogP contribution is 2.38. The van der Waals surface area contributed by atoms with Crippen LogP contribution in [0.3, 0.4) is 0 Å². The Morgan fingerprint density at radius 2 is 2.04 bits per heavy atom. The summed E-state index contributed by atoms with van der Waals surface area (Å²) in [7, 11) is 0. The number of amides is 1. The summed E-state index contributed by atoms with van der Waals surface area (Å²) >= 11 is 9.39. The van der Waals surface area contributed by atoms with E-state index in [1.54, 1.807) is 35.6 Å². The lowest BCUT2D eigenvalue weighted by Crippen LogP contribution is -2.22. The molecule has 1 amide bonds. The average Bonchev–Trinajstić information content (AvgIpc) is 3.33. The Labute approximate surface area is 175 Å². The number of halogens is 1. The van der Waals surface area contributed by atoms with Gasteiger partial charge in [-0.3, -0.25) is 4.79 Å². The number of hydrogen-bond donors (Lipinski definition) is 1. The average molecular weight is 433 g/mol. The molecule has 4 rings (SSSR count). The van der Waals surface area contributed by atoms with Crippen molar-refractivity contribution in [3.63, 3.8) is 0 Å². The van der Waals surface area contributed by atoms with E-state index in [0.717, 1.165) is 28.5 Å². The molecule has 0 saturated heterocycles. The molecule has 144 valence electrons. The van der Waals surface area contributed by atoms with E-state index in [2.05, 4.69) is 5.32 Å². The van der Waals surface area contributed by atoms with Gasteiger partial charge in [-0.25, -0.2) is 4.79 Å². The van der Waals surface area contributed by atoms with Crippen molar-refractivity contribution in [3.05, 3.63) is 69.8 Å². The van der Waals surface area contributed by atoms with E-state index in [9.17, 15) is 9.59 Å². The summed E-state index contributed by atoms with van der Waals surface area (Å²) in [5.74, 6) is 1.01. The highest BCUT2D eigenvalue weighted by Gasteiger charge is 2.27. The molecule has 3 aromatic rings. The van der Waals surface area contributed by atoms with E-state index < -0.39 is 11.9 Å². The van der Waals surface area contributed by atoms with Gasteiger partial charge in [0.2, 0.25) is 0 Å². The molecule has 1 N–H and O–H groups in total. The smallest absolute Gasteiger partial charge is 0.341 e. The van der Waals surface area contributed by atoms with Gasteiger partial charge >= 0.3 is 5.97 Å². The maximum Gasteiger partial charge on any atom is 0.341 e. The molecule has 0 radical (unpaired) electrons. The fourth-order valence-corrected chi connectivity index (χ4v) is 5.67. The molecule has 0 atom stereocenters. The fourth-order valence-electron chi connectivity index (χ4n) is 3.05. The van der Waals surface area contributed by atoms with Gasteiger partial charge in [0.1, 0.15) is 5.00 Å². The van der Waals surface area contributed by atoms with Crippen molar-refractivity contribution < 1.29 is 14.3 Å². The number of rotatable bonds is 5. The standard InChI is InChI=1S/C20H17ClN2O3S2/c21-13-4-3-5-14(10-13)22-17(24)11-26-20(25)18-15-6-9-27-12-16(15)28-19(18)23-7-1-2-8-23/h1-5,7-8,10H,6,9,11-12H2,(H,22,24). The van der Waals surface area contributed by atoms with Crippen LogP contribution in [0.25, 0.3) is 5.00 Å². The minimum atomic E-state index is -0.464. The molecule has 0 unspecified atom stereocenters. The van der Waals surface area contributed by atoms with Crippen molar-refractivity contribution in [2.75, 3.05) is 17.7 Å². The predicted octanol–water partition coefficient (Wildman–Crippen LogP) is 4.78. The van der Waals surface area contributed by atoms with E-state index in [1.807, 2.05) is 40.9 Å². The van der Waals surface area contributed by atoms with Crippen LogP contribution < -0.4 is 5.32 Å². The number of ether oxygens (including phenoxy) is 1. The van der Waals surface area contributed by atoms with Gasteiger partial charge in [0, 0.05) is 33.7 Å². The van der Waals surface area contributed by atoms with Crippen LogP contribution in [0.4, 0.5) is 5.69 Å². The van der Waals surface area contributed by atoms with Gasteiger partial charge in [0.15, 0.2) is 6.61 Å². The lowest BCUT2D eigenvalue weighted by molar-refractivity contribution is -0.119. The molecule has 2 aromatic heterocycles. The van der Waals surface area contributed by atoms with Crippen molar-refractivity contribution in [3.8, 4) is 5.00 Å². The van der Waals surface area contributed by atoms with Gasteiger partial charge in [-0.05, 0) is 48.1 Å². The van der Waals surface area contributed by atoms with Gasteiger partial charge in [-0.2, -0.15) is 11.8 Å². The van der Waals surface area contributed by atoms with Gasteiger partial charge in [0.05, 0.1) is 5.56 Å². The van der Waals surface area contributed by atoms with Crippen LogP contribution in [-0.2, 0) is 21.7 Å². The number of thioether (sulfide) groups is 1. The normalized spacial score (nSPS) is 13.0. The first-order valence-corrected chi connectivity index (χ1v) is 11.0. The quantitative estimate of drug-likeness (QED) is 0.589. The number of anilines is 1. The second-order valence-electron chi connectivity index (χ2n) is 6.21.